The Morgan fingerprint density at radius 2 is 2.12 bits per heavy atom. The molecule has 1 heteroatoms. The van der Waals surface area contributed by atoms with Crippen LogP contribution in [-0.4, -0.2) is 11.7 Å². The molecule has 0 aliphatic heterocycles. The highest BCUT2D eigenvalue weighted by molar-refractivity contribution is 5.31. The van der Waals surface area contributed by atoms with Crippen LogP contribution in [-0.2, 0) is 0 Å². The number of rotatable bonds is 1. The van der Waals surface area contributed by atoms with Gasteiger partial charge in [0.25, 0.3) is 0 Å². The predicted octanol–water partition coefficient (Wildman–Crippen LogP) is 3.39. The van der Waals surface area contributed by atoms with E-state index in [4.69, 9.17) is 0 Å². The molecule has 3 aliphatic rings. The second-order valence-electron chi connectivity index (χ2n) is 6.78. The molecule has 0 bridgehead atoms. The van der Waals surface area contributed by atoms with Gasteiger partial charge in [-0.25, -0.2) is 0 Å². The summed E-state index contributed by atoms with van der Waals surface area (Å²) < 4.78 is 0. The molecule has 5 atom stereocenters. The van der Waals surface area contributed by atoms with E-state index < -0.39 is 0 Å². The van der Waals surface area contributed by atoms with Gasteiger partial charge in [-0.1, -0.05) is 32.4 Å². The van der Waals surface area contributed by atoms with Crippen molar-refractivity contribution in [2.75, 3.05) is 6.61 Å². The van der Waals surface area contributed by atoms with E-state index in [1.807, 2.05) is 0 Å². The molecule has 0 radical (unpaired) electrons. The fraction of sp³-hybridized carbons (Fsp3) is 0.867. The number of hydrogen-bond acceptors (Lipinski definition) is 1. The highest BCUT2D eigenvalue weighted by Crippen LogP contribution is 2.74. The van der Waals surface area contributed by atoms with E-state index in [-0.39, 0.29) is 5.41 Å². The first-order valence-corrected chi connectivity index (χ1v) is 6.85. The Morgan fingerprint density at radius 3 is 2.81 bits per heavy atom. The largest absolute Gasteiger partial charge is 0.396 e. The molecule has 0 aromatic carbocycles. The fourth-order valence-corrected chi connectivity index (χ4v) is 5.01. The van der Waals surface area contributed by atoms with E-state index in [9.17, 15) is 5.11 Å². The molecule has 0 spiro atoms. The Balaban J connectivity index is 2.01. The third-order valence-corrected chi connectivity index (χ3v) is 6.27. The van der Waals surface area contributed by atoms with E-state index in [0.29, 0.717) is 12.0 Å². The van der Waals surface area contributed by atoms with Crippen LogP contribution in [0.3, 0.4) is 0 Å². The third-order valence-electron chi connectivity index (χ3n) is 6.27. The highest BCUT2D eigenvalue weighted by Gasteiger charge is 2.70. The average Bonchev–Trinajstić information content (AvgIpc) is 2.89. The summed E-state index contributed by atoms with van der Waals surface area (Å²) in [6, 6.07) is 0. The van der Waals surface area contributed by atoms with Gasteiger partial charge >= 0.3 is 0 Å². The molecule has 16 heavy (non-hydrogen) atoms. The van der Waals surface area contributed by atoms with Crippen LogP contribution in [0.25, 0.3) is 0 Å². The standard InChI is InChI=1S/C15H24O/c1-10-5-4-6-11-7-8-12-13(15(10,11)3)14(12,2)9-16/h6,10,12-13,16H,4-5,7-9H2,1-3H3/t10-,12-,13+,14-,15+/m0/s1. The fourth-order valence-electron chi connectivity index (χ4n) is 5.01. The lowest BCUT2D eigenvalue weighted by molar-refractivity contribution is 0.126. The minimum Gasteiger partial charge on any atom is -0.396 e. The minimum absolute atomic E-state index is 0.232. The molecule has 0 unspecified atom stereocenters. The lowest BCUT2D eigenvalue weighted by Crippen LogP contribution is -2.36. The first-order chi connectivity index (χ1) is 7.55. The van der Waals surface area contributed by atoms with Gasteiger partial charge in [0.1, 0.15) is 0 Å². The molecule has 1 nitrogen and oxygen atoms in total. The van der Waals surface area contributed by atoms with Crippen molar-refractivity contribution in [3.05, 3.63) is 11.6 Å². The molecule has 3 rings (SSSR count). The van der Waals surface area contributed by atoms with Crippen molar-refractivity contribution in [1.82, 2.24) is 0 Å². The SMILES string of the molecule is C[C@H]1CCC=C2CC[C@H]3[C@H]([C@@]3(C)CO)[C@@]21C. The number of aliphatic hydroxyl groups excluding tert-OH is 1. The second-order valence-corrected chi connectivity index (χ2v) is 6.78. The van der Waals surface area contributed by atoms with Crippen LogP contribution < -0.4 is 0 Å². The lowest BCUT2D eigenvalue weighted by atomic mass is 9.60. The number of aliphatic hydroxyl groups is 1. The normalized spacial score (nSPS) is 55.0. The first kappa shape index (κ1) is 10.8. The molecule has 2 fully saturated rings. The van der Waals surface area contributed by atoms with Crippen LogP contribution in [0.5, 0.6) is 0 Å². The molecule has 0 amide bonds. The first-order valence-electron chi connectivity index (χ1n) is 6.85. The zero-order chi connectivity index (χ0) is 11.6. The van der Waals surface area contributed by atoms with Crippen LogP contribution in [0.4, 0.5) is 0 Å². The van der Waals surface area contributed by atoms with Crippen molar-refractivity contribution in [2.24, 2.45) is 28.6 Å². The monoisotopic (exact) mass is 220 g/mol. The van der Waals surface area contributed by atoms with E-state index in [1.54, 1.807) is 5.57 Å². The maximum absolute atomic E-state index is 9.67. The zero-order valence-corrected chi connectivity index (χ0v) is 10.8. The maximum atomic E-state index is 9.67. The Labute approximate surface area is 98.9 Å². The Morgan fingerprint density at radius 1 is 1.38 bits per heavy atom. The van der Waals surface area contributed by atoms with Crippen molar-refractivity contribution in [3.8, 4) is 0 Å². The quantitative estimate of drug-likeness (QED) is 0.672. The molecule has 3 aliphatic carbocycles. The Bertz CT molecular complexity index is 345. The molecule has 0 aromatic rings. The van der Waals surface area contributed by atoms with Crippen molar-refractivity contribution in [2.45, 2.75) is 46.5 Å². The molecule has 2 saturated carbocycles. The second kappa shape index (κ2) is 3.13. The average molecular weight is 220 g/mol. The molecule has 0 aromatic heterocycles. The summed E-state index contributed by atoms with van der Waals surface area (Å²) in [5, 5.41) is 9.67. The van der Waals surface area contributed by atoms with E-state index in [0.717, 1.165) is 17.8 Å². The maximum Gasteiger partial charge on any atom is 0.0490 e. The van der Waals surface area contributed by atoms with Gasteiger partial charge in [0, 0.05) is 6.61 Å². The van der Waals surface area contributed by atoms with Crippen molar-refractivity contribution < 1.29 is 5.11 Å². The van der Waals surface area contributed by atoms with Gasteiger partial charge in [0.2, 0.25) is 0 Å². The number of fused-ring (bicyclic) bond motifs is 3. The summed E-state index contributed by atoms with van der Waals surface area (Å²) in [5.41, 5.74) is 2.35. The Hall–Kier alpha value is -0.300. The predicted molar refractivity (Wildman–Crippen MR) is 66.0 cm³/mol. The van der Waals surface area contributed by atoms with Crippen LogP contribution in [0.1, 0.15) is 46.5 Å². The summed E-state index contributed by atoms with van der Waals surface area (Å²) in [4.78, 5) is 0. The van der Waals surface area contributed by atoms with Gasteiger partial charge in [-0.2, -0.15) is 0 Å². The minimum atomic E-state index is 0.232. The molecule has 90 valence electrons. The van der Waals surface area contributed by atoms with E-state index in [1.165, 1.54) is 25.7 Å². The number of allylic oxidation sites excluding steroid dienone is 2. The molecular formula is C15H24O. The Kier molecular flexibility index (Phi) is 2.12. The van der Waals surface area contributed by atoms with Gasteiger partial charge in [-0.15, -0.1) is 0 Å². The van der Waals surface area contributed by atoms with Gasteiger partial charge < -0.3 is 5.11 Å². The summed E-state index contributed by atoms with van der Waals surface area (Å²) in [6.45, 7) is 7.58. The van der Waals surface area contributed by atoms with Gasteiger partial charge in [0.15, 0.2) is 0 Å². The molecule has 0 heterocycles. The molecule has 1 N–H and O–H groups in total. The molecular weight excluding hydrogens is 196 g/mol. The van der Waals surface area contributed by atoms with Crippen LogP contribution in [0.2, 0.25) is 0 Å². The van der Waals surface area contributed by atoms with Crippen LogP contribution in [0, 0.1) is 28.6 Å². The highest BCUT2D eigenvalue weighted by atomic mass is 16.3. The van der Waals surface area contributed by atoms with Crippen LogP contribution >= 0.6 is 0 Å². The van der Waals surface area contributed by atoms with Gasteiger partial charge in [0.05, 0.1) is 0 Å². The van der Waals surface area contributed by atoms with Gasteiger partial charge in [-0.05, 0) is 54.3 Å². The zero-order valence-electron chi connectivity index (χ0n) is 10.8. The number of hydrogen-bond donors (Lipinski definition) is 1. The summed E-state index contributed by atoms with van der Waals surface area (Å²) >= 11 is 0. The van der Waals surface area contributed by atoms with Crippen LogP contribution in [0.15, 0.2) is 11.6 Å². The van der Waals surface area contributed by atoms with E-state index in [2.05, 4.69) is 26.8 Å². The van der Waals surface area contributed by atoms with Crippen molar-refractivity contribution in [3.63, 3.8) is 0 Å². The van der Waals surface area contributed by atoms with Crippen molar-refractivity contribution >= 4 is 0 Å². The van der Waals surface area contributed by atoms with Gasteiger partial charge in [-0.3, -0.25) is 0 Å². The topological polar surface area (TPSA) is 20.2 Å². The smallest absolute Gasteiger partial charge is 0.0490 e. The lowest BCUT2D eigenvalue weighted by Gasteiger charge is -2.45. The van der Waals surface area contributed by atoms with E-state index >= 15 is 0 Å². The summed E-state index contributed by atoms with van der Waals surface area (Å²) in [6.07, 6.45) is 7.73. The third kappa shape index (κ3) is 1.06. The summed E-state index contributed by atoms with van der Waals surface area (Å²) in [7, 11) is 0. The van der Waals surface area contributed by atoms with Crippen molar-refractivity contribution in [1.29, 1.82) is 0 Å². The summed E-state index contributed by atoms with van der Waals surface area (Å²) in [5.74, 6) is 2.34. The molecule has 0 saturated heterocycles.